The number of para-hydroxylation sites is 2. The van der Waals surface area contributed by atoms with Crippen molar-refractivity contribution in [3.8, 4) is 5.75 Å². The number of anilines is 1. The number of nitrogens with zero attached hydrogens (tertiary/aromatic N) is 1. The van der Waals surface area contributed by atoms with Gasteiger partial charge in [-0.15, -0.1) is 0 Å². The first kappa shape index (κ1) is 23.2. The van der Waals surface area contributed by atoms with E-state index < -0.39 is 0 Å². The zero-order valence-electron chi connectivity index (χ0n) is 18.8. The number of methoxy groups -OCH3 is 1. The largest absolute Gasteiger partial charge is 0.449 e. The lowest BCUT2D eigenvalue weighted by Gasteiger charge is -2.30. The van der Waals surface area contributed by atoms with Crippen LogP contribution in [0.3, 0.4) is 0 Å². The van der Waals surface area contributed by atoms with E-state index in [1.165, 1.54) is 12.1 Å². The molecule has 0 saturated heterocycles. The van der Waals surface area contributed by atoms with Crippen LogP contribution in [0.4, 0.5) is 10.1 Å². The quantitative estimate of drug-likeness (QED) is 0.395. The van der Waals surface area contributed by atoms with Crippen LogP contribution in [-0.4, -0.2) is 32.1 Å². The Morgan fingerprint density at radius 1 is 1.09 bits per heavy atom. The predicted octanol–water partition coefficient (Wildman–Crippen LogP) is 4.56. The van der Waals surface area contributed by atoms with Crippen molar-refractivity contribution in [2.24, 2.45) is 0 Å². The summed E-state index contributed by atoms with van der Waals surface area (Å²) >= 11 is 0. The van der Waals surface area contributed by atoms with Crippen molar-refractivity contribution in [3.63, 3.8) is 0 Å². The highest BCUT2D eigenvalue weighted by atomic mass is 19.1. The second kappa shape index (κ2) is 10.8. The first-order valence-corrected chi connectivity index (χ1v) is 11.0. The summed E-state index contributed by atoms with van der Waals surface area (Å²) in [5.74, 6) is -0.174. The number of hydrogen-bond donors (Lipinski definition) is 1. The highest BCUT2D eigenvalue weighted by Crippen LogP contribution is 2.36. The van der Waals surface area contributed by atoms with Crippen molar-refractivity contribution in [2.45, 2.75) is 13.0 Å². The summed E-state index contributed by atoms with van der Waals surface area (Å²) in [6.07, 6.45) is 2.37. The van der Waals surface area contributed by atoms with Crippen molar-refractivity contribution in [1.82, 2.24) is 5.32 Å². The molecule has 2 amide bonds. The van der Waals surface area contributed by atoms with Gasteiger partial charge in [-0.25, -0.2) is 4.39 Å². The van der Waals surface area contributed by atoms with Gasteiger partial charge in [0.2, 0.25) is 0 Å². The lowest BCUT2D eigenvalue weighted by molar-refractivity contribution is -0.117. The van der Waals surface area contributed by atoms with Crippen molar-refractivity contribution in [1.29, 1.82) is 0 Å². The van der Waals surface area contributed by atoms with Crippen LogP contribution >= 0.6 is 0 Å². The summed E-state index contributed by atoms with van der Waals surface area (Å²) in [7, 11) is 1.62. The normalized spacial score (nSPS) is 14.0. The number of ether oxygens (including phenoxy) is 2. The molecule has 1 aliphatic rings. The monoisotopic (exact) mass is 460 g/mol. The Morgan fingerprint density at radius 3 is 2.65 bits per heavy atom. The summed E-state index contributed by atoms with van der Waals surface area (Å²) < 4.78 is 24.6. The summed E-state index contributed by atoms with van der Waals surface area (Å²) in [5.41, 5.74) is 2.53. The molecule has 0 radical (unpaired) electrons. The van der Waals surface area contributed by atoms with Crippen LogP contribution in [-0.2, 0) is 16.1 Å². The molecule has 1 heterocycles. The van der Waals surface area contributed by atoms with Gasteiger partial charge in [0.25, 0.3) is 11.8 Å². The van der Waals surface area contributed by atoms with Gasteiger partial charge in [-0.05, 0) is 60.0 Å². The molecule has 34 heavy (non-hydrogen) atoms. The van der Waals surface area contributed by atoms with Crippen LogP contribution < -0.4 is 15.0 Å². The number of hydrogen-bond acceptors (Lipinski definition) is 4. The molecule has 4 rings (SSSR count). The first-order chi connectivity index (χ1) is 16.5. The Hall–Kier alpha value is -3.97. The minimum absolute atomic E-state index is 0.145. The van der Waals surface area contributed by atoms with Gasteiger partial charge >= 0.3 is 0 Å². The number of nitrogens with one attached hydrogen (secondary N) is 1. The number of carbonyl (C=O) groups excluding carboxylic acids is 2. The molecule has 0 unspecified atom stereocenters. The van der Waals surface area contributed by atoms with E-state index in [1.807, 2.05) is 12.1 Å². The van der Waals surface area contributed by atoms with Crippen molar-refractivity contribution in [2.75, 3.05) is 25.2 Å². The summed E-state index contributed by atoms with van der Waals surface area (Å²) in [6, 6.07) is 20.3. The molecule has 1 N–H and O–H groups in total. The fourth-order valence-electron chi connectivity index (χ4n) is 3.64. The van der Waals surface area contributed by atoms with Crippen LogP contribution in [0.2, 0.25) is 0 Å². The van der Waals surface area contributed by atoms with E-state index in [4.69, 9.17) is 9.47 Å². The molecule has 3 aromatic carbocycles. The molecule has 0 bridgehead atoms. The zero-order chi connectivity index (χ0) is 23.9. The Morgan fingerprint density at radius 2 is 1.88 bits per heavy atom. The third-order valence-corrected chi connectivity index (χ3v) is 5.34. The van der Waals surface area contributed by atoms with Gasteiger partial charge < -0.3 is 14.8 Å². The van der Waals surface area contributed by atoms with Crippen LogP contribution in [0, 0.1) is 5.82 Å². The highest BCUT2D eigenvalue weighted by molar-refractivity contribution is 6.09. The molecular weight excluding hydrogens is 435 g/mol. The van der Waals surface area contributed by atoms with Gasteiger partial charge in [0.15, 0.2) is 11.5 Å². The number of fused-ring (bicyclic) bond motifs is 1. The maximum atomic E-state index is 13.7. The van der Waals surface area contributed by atoms with Crippen LogP contribution in [0.15, 0.2) is 78.6 Å². The molecule has 0 fully saturated rings. The third kappa shape index (κ3) is 5.50. The van der Waals surface area contributed by atoms with Gasteiger partial charge in [0, 0.05) is 25.8 Å². The van der Waals surface area contributed by atoms with Crippen molar-refractivity contribution >= 4 is 23.6 Å². The maximum Gasteiger partial charge on any atom is 0.294 e. The predicted molar refractivity (Wildman–Crippen MR) is 128 cm³/mol. The topological polar surface area (TPSA) is 67.9 Å². The Labute approximate surface area is 197 Å². The molecular formula is C27H25FN2O4. The second-order valence-corrected chi connectivity index (χ2v) is 7.82. The smallest absolute Gasteiger partial charge is 0.294 e. The Bertz CT molecular complexity index is 1210. The van der Waals surface area contributed by atoms with E-state index in [0.717, 1.165) is 6.42 Å². The molecule has 6 nitrogen and oxygen atoms in total. The average molecular weight is 461 g/mol. The number of carbonyl (C=O) groups is 2. The van der Waals surface area contributed by atoms with Gasteiger partial charge in [-0.1, -0.05) is 36.4 Å². The number of amides is 2. The Kier molecular flexibility index (Phi) is 7.34. The standard InChI is InChI=1S/C27H25FN2O4/c1-33-15-5-14-29-26(31)21-12-10-19(11-13-21)17-25-27(32)30(18-20-6-4-7-22(28)16-20)23-8-2-3-9-24(23)34-25/h2-4,6-13,16-17H,5,14-15,18H2,1H3,(H,29,31). The molecule has 1 aliphatic heterocycles. The first-order valence-electron chi connectivity index (χ1n) is 11.0. The average Bonchev–Trinajstić information content (AvgIpc) is 2.85. The SMILES string of the molecule is COCCCNC(=O)c1ccc(C=C2Oc3ccccc3N(Cc3cccc(F)c3)C2=O)cc1. The fourth-order valence-corrected chi connectivity index (χ4v) is 3.64. The number of benzene rings is 3. The van der Waals surface area contributed by atoms with E-state index in [-0.39, 0.29) is 29.9 Å². The molecule has 0 atom stereocenters. The minimum Gasteiger partial charge on any atom is -0.449 e. The highest BCUT2D eigenvalue weighted by Gasteiger charge is 2.30. The summed E-state index contributed by atoms with van der Waals surface area (Å²) in [5, 5.41) is 2.84. The van der Waals surface area contributed by atoms with Crippen LogP contribution in [0.5, 0.6) is 5.75 Å². The van der Waals surface area contributed by atoms with Crippen LogP contribution in [0.1, 0.15) is 27.9 Å². The maximum absolute atomic E-state index is 13.7. The van der Waals surface area contributed by atoms with Gasteiger partial charge in [0.1, 0.15) is 5.82 Å². The van der Waals surface area contributed by atoms with Crippen molar-refractivity contribution < 1.29 is 23.5 Å². The molecule has 174 valence electrons. The van der Waals surface area contributed by atoms with E-state index in [2.05, 4.69) is 5.32 Å². The second-order valence-electron chi connectivity index (χ2n) is 7.82. The molecule has 0 saturated carbocycles. The molecule has 3 aromatic rings. The number of rotatable bonds is 8. The van der Waals surface area contributed by atoms with Crippen molar-refractivity contribution in [3.05, 3.63) is 101 Å². The van der Waals surface area contributed by atoms with Gasteiger partial charge in [0.05, 0.1) is 12.2 Å². The van der Waals surface area contributed by atoms with E-state index >= 15 is 0 Å². The molecule has 7 heteroatoms. The van der Waals surface area contributed by atoms with Crippen LogP contribution in [0.25, 0.3) is 6.08 Å². The lowest BCUT2D eigenvalue weighted by Crippen LogP contribution is -2.36. The zero-order valence-corrected chi connectivity index (χ0v) is 18.8. The minimum atomic E-state index is -0.356. The molecule has 0 spiro atoms. The third-order valence-electron chi connectivity index (χ3n) is 5.34. The Balaban J connectivity index is 1.54. The molecule has 0 aliphatic carbocycles. The van der Waals surface area contributed by atoms with E-state index in [0.29, 0.717) is 41.3 Å². The number of halogens is 1. The fraction of sp³-hybridized carbons (Fsp3) is 0.185. The lowest BCUT2D eigenvalue weighted by atomic mass is 10.1. The summed E-state index contributed by atoms with van der Waals surface area (Å²) in [4.78, 5) is 27.1. The van der Waals surface area contributed by atoms with Gasteiger partial charge in [-0.3, -0.25) is 14.5 Å². The summed E-state index contributed by atoms with van der Waals surface area (Å²) in [6.45, 7) is 1.32. The van der Waals surface area contributed by atoms with Gasteiger partial charge in [-0.2, -0.15) is 0 Å². The molecule has 0 aromatic heterocycles. The van der Waals surface area contributed by atoms with E-state index in [9.17, 15) is 14.0 Å². The van der Waals surface area contributed by atoms with E-state index in [1.54, 1.807) is 66.6 Å².